The van der Waals surface area contributed by atoms with Crippen LogP contribution in [-0.4, -0.2) is 51.6 Å². The Morgan fingerprint density at radius 3 is 2.56 bits per heavy atom. The summed E-state index contributed by atoms with van der Waals surface area (Å²) in [5, 5.41) is 8.37. The van der Waals surface area contributed by atoms with E-state index in [9.17, 15) is 4.79 Å². The van der Waals surface area contributed by atoms with Crippen molar-refractivity contribution in [1.82, 2.24) is 15.5 Å². The molecule has 1 aromatic heterocycles. The Balaban J connectivity index is 2.06. The number of nitrogens with zero attached hydrogens (tertiary/aromatic N) is 2. The van der Waals surface area contributed by atoms with E-state index < -0.39 is 0 Å². The fourth-order valence-corrected chi connectivity index (χ4v) is 2.87. The van der Waals surface area contributed by atoms with Crippen molar-refractivity contribution in [2.75, 3.05) is 34.9 Å². The lowest BCUT2D eigenvalue weighted by Crippen LogP contribution is -2.42. The maximum Gasteiger partial charge on any atom is 0.241 e. The summed E-state index contributed by atoms with van der Waals surface area (Å²) in [4.78, 5) is 19.2. The summed E-state index contributed by atoms with van der Waals surface area (Å²) in [6.07, 6.45) is 0. The van der Waals surface area contributed by atoms with Crippen LogP contribution in [0.3, 0.4) is 0 Å². The molecule has 2 rings (SSSR count). The fraction of sp³-hybridized carbons (Fsp3) is 0.368. The first-order chi connectivity index (χ1) is 13.0. The van der Waals surface area contributed by atoms with Gasteiger partial charge in [0.25, 0.3) is 0 Å². The Kier molecular flexibility index (Phi) is 7.94. The van der Waals surface area contributed by atoms with E-state index in [0.717, 1.165) is 5.56 Å². The minimum absolute atomic E-state index is 0.0215. The second-order valence-corrected chi connectivity index (χ2v) is 6.96. The minimum Gasteiger partial charge on any atom is -0.493 e. The first-order valence-corrected chi connectivity index (χ1v) is 9.37. The third kappa shape index (κ3) is 6.49. The molecule has 0 radical (unpaired) electrons. The number of nitrogens with one attached hydrogen (secondary N) is 2. The second-order valence-electron chi connectivity index (χ2n) is 5.93. The second kappa shape index (κ2) is 10.4. The molecule has 2 N–H and O–H groups in total. The number of hydrogen-bond donors (Lipinski definition) is 2. The molecule has 0 bridgehead atoms. The van der Waals surface area contributed by atoms with Gasteiger partial charge in [-0.3, -0.25) is 4.79 Å². The van der Waals surface area contributed by atoms with Crippen molar-refractivity contribution < 1.29 is 14.3 Å². The molecule has 0 saturated carbocycles. The number of guanidine groups is 1. The van der Waals surface area contributed by atoms with Gasteiger partial charge in [0.2, 0.25) is 5.91 Å². The highest BCUT2D eigenvalue weighted by Gasteiger charge is 2.08. The normalized spacial score (nSPS) is 11.0. The molecule has 2 aromatic rings. The number of thiophene rings is 1. The number of rotatable bonds is 8. The van der Waals surface area contributed by atoms with Crippen LogP contribution in [0.5, 0.6) is 11.5 Å². The fourth-order valence-electron chi connectivity index (χ4n) is 2.23. The molecule has 0 aliphatic rings. The van der Waals surface area contributed by atoms with Gasteiger partial charge < -0.3 is 25.0 Å². The molecule has 7 nitrogen and oxygen atoms in total. The van der Waals surface area contributed by atoms with Crippen molar-refractivity contribution in [1.29, 1.82) is 0 Å². The number of likely N-dealkylation sites (N-methyl/N-ethyl adjacent to an activating group) is 1. The monoisotopic (exact) mass is 390 g/mol. The van der Waals surface area contributed by atoms with E-state index >= 15 is 0 Å². The van der Waals surface area contributed by atoms with Gasteiger partial charge in [-0.15, -0.1) is 11.3 Å². The summed E-state index contributed by atoms with van der Waals surface area (Å²) in [6.45, 7) is 1.26. The number of aliphatic imine (C=N–C) groups is 1. The van der Waals surface area contributed by atoms with E-state index in [1.807, 2.05) is 29.6 Å². The standard InChI is InChI=1S/C19H26N4O3S/c1-23(2)18(24)13-22-19(21-12-15-6-5-9-27-15)20-11-14-7-8-16(25-3)17(10-14)26-4/h5-10H,11-13H2,1-4H3,(H2,20,21,22). The van der Waals surface area contributed by atoms with Gasteiger partial charge in [0.05, 0.1) is 33.9 Å². The summed E-state index contributed by atoms with van der Waals surface area (Å²) in [5.74, 6) is 1.89. The van der Waals surface area contributed by atoms with Gasteiger partial charge in [0.15, 0.2) is 17.5 Å². The molecular formula is C19H26N4O3S. The molecule has 0 aliphatic carbocycles. The molecule has 27 heavy (non-hydrogen) atoms. The number of carbonyl (C=O) groups excluding carboxylic acids is 1. The average Bonchev–Trinajstić information content (AvgIpc) is 3.20. The van der Waals surface area contributed by atoms with Gasteiger partial charge in [-0.2, -0.15) is 0 Å². The average molecular weight is 391 g/mol. The zero-order chi connectivity index (χ0) is 19.6. The summed E-state index contributed by atoms with van der Waals surface area (Å²) in [7, 11) is 6.66. The lowest BCUT2D eigenvalue weighted by Gasteiger charge is -2.15. The van der Waals surface area contributed by atoms with Crippen molar-refractivity contribution in [3.8, 4) is 11.5 Å². The van der Waals surface area contributed by atoms with Gasteiger partial charge in [-0.1, -0.05) is 12.1 Å². The Labute approximate surface area is 164 Å². The quantitative estimate of drug-likeness (QED) is 0.533. The Morgan fingerprint density at radius 1 is 1.15 bits per heavy atom. The number of hydrogen-bond acceptors (Lipinski definition) is 5. The van der Waals surface area contributed by atoms with Crippen LogP contribution in [0.15, 0.2) is 40.7 Å². The lowest BCUT2D eigenvalue weighted by atomic mass is 10.2. The molecule has 0 spiro atoms. The SMILES string of the molecule is COc1ccc(CN=C(NCC(=O)N(C)C)NCc2cccs2)cc1OC. The zero-order valence-electron chi connectivity index (χ0n) is 16.1. The van der Waals surface area contributed by atoms with Crippen LogP contribution in [-0.2, 0) is 17.9 Å². The molecule has 0 saturated heterocycles. The highest BCUT2D eigenvalue weighted by molar-refractivity contribution is 7.09. The first kappa shape index (κ1) is 20.6. The third-order valence-corrected chi connectivity index (χ3v) is 4.66. The van der Waals surface area contributed by atoms with Gasteiger partial charge in [-0.25, -0.2) is 4.99 Å². The van der Waals surface area contributed by atoms with Crippen LogP contribution in [0.2, 0.25) is 0 Å². The van der Waals surface area contributed by atoms with Crippen molar-refractivity contribution in [2.45, 2.75) is 13.1 Å². The molecule has 8 heteroatoms. The predicted molar refractivity (Wildman–Crippen MR) is 109 cm³/mol. The van der Waals surface area contributed by atoms with Crippen LogP contribution in [0.1, 0.15) is 10.4 Å². The molecule has 0 aliphatic heterocycles. The Bertz CT molecular complexity index is 760. The molecule has 0 fully saturated rings. The molecule has 0 atom stereocenters. The van der Waals surface area contributed by atoms with Crippen LogP contribution in [0.25, 0.3) is 0 Å². The highest BCUT2D eigenvalue weighted by Crippen LogP contribution is 2.27. The zero-order valence-corrected chi connectivity index (χ0v) is 16.9. The van der Waals surface area contributed by atoms with Crippen molar-refractivity contribution in [3.05, 3.63) is 46.2 Å². The van der Waals surface area contributed by atoms with Crippen LogP contribution in [0.4, 0.5) is 0 Å². The van der Waals surface area contributed by atoms with Gasteiger partial charge >= 0.3 is 0 Å². The molecule has 146 valence electrons. The Hall–Kier alpha value is -2.74. The smallest absolute Gasteiger partial charge is 0.241 e. The molecular weight excluding hydrogens is 364 g/mol. The molecule has 0 unspecified atom stereocenters. The van der Waals surface area contributed by atoms with E-state index in [0.29, 0.717) is 30.5 Å². The summed E-state index contributed by atoms with van der Waals surface area (Å²) < 4.78 is 10.6. The van der Waals surface area contributed by atoms with Crippen molar-refractivity contribution in [2.24, 2.45) is 4.99 Å². The number of methoxy groups -OCH3 is 2. The molecule has 1 heterocycles. The number of benzene rings is 1. The van der Waals surface area contributed by atoms with Gasteiger partial charge in [-0.05, 0) is 29.1 Å². The molecule has 1 amide bonds. The number of amides is 1. The highest BCUT2D eigenvalue weighted by atomic mass is 32.1. The third-order valence-electron chi connectivity index (χ3n) is 3.78. The topological polar surface area (TPSA) is 75.2 Å². The van der Waals surface area contributed by atoms with Crippen molar-refractivity contribution in [3.63, 3.8) is 0 Å². The maximum absolute atomic E-state index is 11.9. The Morgan fingerprint density at radius 2 is 1.93 bits per heavy atom. The maximum atomic E-state index is 11.9. The van der Waals surface area contributed by atoms with E-state index in [2.05, 4.69) is 21.7 Å². The first-order valence-electron chi connectivity index (χ1n) is 8.49. The summed E-state index contributed by atoms with van der Waals surface area (Å²) >= 11 is 1.67. The van der Waals surface area contributed by atoms with E-state index in [-0.39, 0.29) is 12.5 Å². The van der Waals surface area contributed by atoms with Crippen LogP contribution in [0, 0.1) is 0 Å². The van der Waals surface area contributed by atoms with Gasteiger partial charge in [0.1, 0.15) is 0 Å². The molecule has 1 aromatic carbocycles. The summed E-state index contributed by atoms with van der Waals surface area (Å²) in [5.41, 5.74) is 0.976. The number of carbonyl (C=O) groups is 1. The van der Waals surface area contributed by atoms with Crippen LogP contribution >= 0.6 is 11.3 Å². The van der Waals surface area contributed by atoms with E-state index in [1.54, 1.807) is 39.7 Å². The predicted octanol–water partition coefficient (Wildman–Crippen LogP) is 2.09. The van der Waals surface area contributed by atoms with Crippen LogP contribution < -0.4 is 20.1 Å². The summed E-state index contributed by atoms with van der Waals surface area (Å²) in [6, 6.07) is 9.74. The minimum atomic E-state index is -0.0215. The largest absolute Gasteiger partial charge is 0.493 e. The lowest BCUT2D eigenvalue weighted by molar-refractivity contribution is -0.127. The van der Waals surface area contributed by atoms with E-state index in [4.69, 9.17) is 9.47 Å². The van der Waals surface area contributed by atoms with Crippen molar-refractivity contribution >= 4 is 23.2 Å². The number of ether oxygens (including phenoxy) is 2. The van der Waals surface area contributed by atoms with Gasteiger partial charge in [0, 0.05) is 19.0 Å². The van der Waals surface area contributed by atoms with E-state index in [1.165, 1.54) is 9.78 Å².